The van der Waals surface area contributed by atoms with Crippen LogP contribution in [0, 0.1) is 11.6 Å². The predicted molar refractivity (Wildman–Crippen MR) is 88.0 cm³/mol. The van der Waals surface area contributed by atoms with Crippen molar-refractivity contribution in [3.8, 4) is 5.75 Å². The lowest BCUT2D eigenvalue weighted by Gasteiger charge is -2.25. The molecule has 132 valence electrons. The Kier molecular flexibility index (Phi) is 5.28. The largest absolute Gasteiger partial charge is 0.493 e. The zero-order valence-electron chi connectivity index (χ0n) is 13.6. The van der Waals surface area contributed by atoms with Gasteiger partial charge in [-0.3, -0.25) is 4.79 Å². The first-order chi connectivity index (χ1) is 12.0. The topological polar surface area (TPSA) is 49.8 Å². The molecule has 1 aliphatic heterocycles. The second kappa shape index (κ2) is 7.61. The predicted octanol–water partition coefficient (Wildman–Crippen LogP) is 3.07. The molecule has 2 aromatic rings. The van der Waals surface area contributed by atoms with Crippen LogP contribution < -0.4 is 4.74 Å². The molecule has 1 N–H and O–H groups in total. The number of likely N-dealkylation sites (tertiary alicyclic amines) is 1. The molecular weight excluding hydrogens is 328 g/mol. The summed E-state index contributed by atoms with van der Waals surface area (Å²) in [5, 5.41) is 9.91. The van der Waals surface area contributed by atoms with Gasteiger partial charge < -0.3 is 14.7 Å². The summed E-state index contributed by atoms with van der Waals surface area (Å²) in [6.07, 6.45) is -0.241. The van der Waals surface area contributed by atoms with Crippen molar-refractivity contribution in [3.05, 3.63) is 65.7 Å². The van der Waals surface area contributed by atoms with Gasteiger partial charge in [-0.05, 0) is 36.2 Å². The van der Waals surface area contributed by atoms with E-state index in [0.29, 0.717) is 17.7 Å². The first kappa shape index (κ1) is 17.4. The minimum Gasteiger partial charge on any atom is -0.493 e. The van der Waals surface area contributed by atoms with E-state index in [1.807, 2.05) is 18.2 Å². The van der Waals surface area contributed by atoms with Gasteiger partial charge in [0.25, 0.3) is 0 Å². The Morgan fingerprint density at radius 2 is 1.92 bits per heavy atom. The van der Waals surface area contributed by atoms with Gasteiger partial charge >= 0.3 is 0 Å². The van der Waals surface area contributed by atoms with Gasteiger partial charge in [-0.15, -0.1) is 0 Å². The molecule has 1 fully saturated rings. The molecule has 0 bridgehead atoms. The van der Waals surface area contributed by atoms with E-state index >= 15 is 0 Å². The highest BCUT2D eigenvalue weighted by molar-refractivity contribution is 5.77. The van der Waals surface area contributed by atoms with E-state index in [4.69, 9.17) is 4.74 Å². The molecule has 2 unspecified atom stereocenters. The molecule has 1 aliphatic rings. The van der Waals surface area contributed by atoms with Gasteiger partial charge in [-0.1, -0.05) is 24.3 Å². The van der Waals surface area contributed by atoms with Crippen LogP contribution in [0.5, 0.6) is 5.75 Å². The molecule has 4 nitrogen and oxygen atoms in total. The minimum absolute atomic E-state index is 0.141. The minimum atomic E-state index is -0.960. The molecule has 0 aromatic heterocycles. The summed E-state index contributed by atoms with van der Waals surface area (Å²) in [4.78, 5) is 14.0. The molecule has 2 aromatic carbocycles. The van der Waals surface area contributed by atoms with Crippen molar-refractivity contribution in [1.29, 1.82) is 0 Å². The van der Waals surface area contributed by atoms with E-state index < -0.39 is 23.8 Å². The highest BCUT2D eigenvalue weighted by atomic mass is 19.2. The summed E-state index contributed by atoms with van der Waals surface area (Å²) in [5.41, 5.74) is 0.479. The quantitative estimate of drug-likeness (QED) is 0.904. The summed E-state index contributed by atoms with van der Waals surface area (Å²) in [6, 6.07) is 12.3. The average molecular weight is 347 g/mol. The van der Waals surface area contributed by atoms with Gasteiger partial charge in [0, 0.05) is 6.54 Å². The Morgan fingerprint density at radius 1 is 1.16 bits per heavy atom. The van der Waals surface area contributed by atoms with Crippen LogP contribution in [0.1, 0.15) is 24.4 Å². The molecule has 6 heteroatoms. The first-order valence-corrected chi connectivity index (χ1v) is 8.15. The number of hydrogen-bond acceptors (Lipinski definition) is 3. The lowest BCUT2D eigenvalue weighted by Crippen LogP contribution is -2.32. The van der Waals surface area contributed by atoms with E-state index in [0.717, 1.165) is 12.1 Å². The fourth-order valence-corrected chi connectivity index (χ4v) is 3.04. The van der Waals surface area contributed by atoms with Crippen molar-refractivity contribution in [1.82, 2.24) is 4.90 Å². The van der Waals surface area contributed by atoms with Crippen LogP contribution in [-0.4, -0.2) is 35.2 Å². The van der Waals surface area contributed by atoms with E-state index in [9.17, 15) is 18.7 Å². The maximum Gasteiger partial charge on any atom is 0.226 e. The molecule has 0 saturated carbocycles. The summed E-state index contributed by atoms with van der Waals surface area (Å²) in [6.45, 7) is 0.383. The molecule has 1 amide bonds. The van der Waals surface area contributed by atoms with Crippen molar-refractivity contribution in [3.63, 3.8) is 0 Å². The Morgan fingerprint density at radius 3 is 2.64 bits per heavy atom. The van der Waals surface area contributed by atoms with E-state index in [2.05, 4.69) is 0 Å². The van der Waals surface area contributed by atoms with Gasteiger partial charge in [-0.25, -0.2) is 8.78 Å². The molecule has 0 radical (unpaired) electrons. The van der Waals surface area contributed by atoms with Gasteiger partial charge in [0.1, 0.15) is 5.75 Å². The number of carbonyl (C=O) groups is 1. The summed E-state index contributed by atoms with van der Waals surface area (Å²) in [5.74, 6) is -1.41. The Bertz CT molecular complexity index is 739. The maximum absolute atomic E-state index is 13.5. The Balaban J connectivity index is 1.64. The van der Waals surface area contributed by atoms with Crippen LogP contribution in [0.15, 0.2) is 48.5 Å². The van der Waals surface area contributed by atoms with Crippen LogP contribution in [0.2, 0.25) is 0 Å². The van der Waals surface area contributed by atoms with Crippen molar-refractivity contribution in [2.75, 3.05) is 13.2 Å². The van der Waals surface area contributed by atoms with Crippen LogP contribution in [0.3, 0.4) is 0 Å². The number of aliphatic hydroxyl groups excluding tert-OH is 1. The molecule has 3 rings (SSSR count). The van der Waals surface area contributed by atoms with Crippen molar-refractivity contribution in [2.45, 2.75) is 25.0 Å². The summed E-state index contributed by atoms with van der Waals surface area (Å²) >= 11 is 0. The van der Waals surface area contributed by atoms with Gasteiger partial charge in [0.2, 0.25) is 5.91 Å². The molecule has 2 atom stereocenters. The van der Waals surface area contributed by atoms with Crippen LogP contribution in [-0.2, 0) is 4.79 Å². The monoisotopic (exact) mass is 347 g/mol. The molecule has 1 saturated heterocycles. The number of β-amino-alcohol motifs (C(OH)–C–C–N with tert-alkyl or cyclic N) is 1. The third-order valence-electron chi connectivity index (χ3n) is 4.26. The number of rotatable bonds is 5. The molecular formula is C19H19F2NO3. The fraction of sp³-hybridized carbons (Fsp3) is 0.316. The number of halogens is 2. The van der Waals surface area contributed by atoms with Gasteiger partial charge in [0.05, 0.1) is 25.2 Å². The smallest absolute Gasteiger partial charge is 0.226 e. The third-order valence-corrected chi connectivity index (χ3v) is 4.26. The number of amides is 1. The van der Waals surface area contributed by atoms with Gasteiger partial charge in [-0.2, -0.15) is 0 Å². The number of ether oxygens (including phenoxy) is 1. The molecule has 1 heterocycles. The molecule has 0 spiro atoms. The number of para-hydroxylation sites is 1. The van der Waals surface area contributed by atoms with Crippen LogP contribution >= 0.6 is 0 Å². The van der Waals surface area contributed by atoms with Crippen LogP contribution in [0.25, 0.3) is 0 Å². The van der Waals surface area contributed by atoms with Gasteiger partial charge in [0.15, 0.2) is 11.6 Å². The number of carbonyl (C=O) groups excluding carboxylic acids is 1. The van der Waals surface area contributed by atoms with E-state index in [-0.39, 0.29) is 25.5 Å². The van der Waals surface area contributed by atoms with Crippen molar-refractivity contribution in [2.24, 2.45) is 0 Å². The summed E-state index contributed by atoms with van der Waals surface area (Å²) in [7, 11) is 0. The number of nitrogens with zero attached hydrogens (tertiary/aromatic N) is 1. The number of benzene rings is 2. The molecule has 0 aliphatic carbocycles. The number of hydrogen-bond donors (Lipinski definition) is 1. The van der Waals surface area contributed by atoms with Crippen LogP contribution in [0.4, 0.5) is 8.78 Å². The second-order valence-electron chi connectivity index (χ2n) is 6.04. The van der Waals surface area contributed by atoms with Crippen molar-refractivity contribution < 1.29 is 23.4 Å². The highest BCUT2D eigenvalue weighted by Crippen LogP contribution is 2.33. The standard InChI is InChI=1S/C19H19F2NO3/c20-16-7-6-13(10-17(16)21)18-11-14(23)12-22(18)19(24)8-9-25-15-4-2-1-3-5-15/h1-7,10,14,18,23H,8-9,11-12H2. The Labute approximate surface area is 144 Å². The Hall–Kier alpha value is -2.47. The normalized spacial score (nSPS) is 19.9. The molecule has 25 heavy (non-hydrogen) atoms. The zero-order valence-corrected chi connectivity index (χ0v) is 13.6. The fourth-order valence-electron chi connectivity index (χ4n) is 3.04. The SMILES string of the molecule is O=C(CCOc1ccccc1)N1CC(O)CC1c1ccc(F)c(F)c1. The number of aliphatic hydroxyl groups is 1. The zero-order chi connectivity index (χ0) is 17.8. The third kappa shape index (κ3) is 4.14. The van der Waals surface area contributed by atoms with E-state index in [1.165, 1.54) is 11.0 Å². The lowest BCUT2D eigenvalue weighted by molar-refractivity contribution is -0.133. The highest BCUT2D eigenvalue weighted by Gasteiger charge is 2.35. The lowest BCUT2D eigenvalue weighted by atomic mass is 10.0. The van der Waals surface area contributed by atoms with Crippen molar-refractivity contribution >= 4 is 5.91 Å². The summed E-state index contributed by atoms with van der Waals surface area (Å²) < 4.78 is 32.1. The maximum atomic E-state index is 13.5. The average Bonchev–Trinajstić information content (AvgIpc) is 3.00. The second-order valence-corrected chi connectivity index (χ2v) is 6.04. The van der Waals surface area contributed by atoms with E-state index in [1.54, 1.807) is 12.1 Å². The first-order valence-electron chi connectivity index (χ1n) is 8.15.